The second-order valence-electron chi connectivity index (χ2n) is 7.69. The van der Waals surface area contributed by atoms with Crippen molar-refractivity contribution in [2.75, 3.05) is 11.9 Å². The molecule has 0 unspecified atom stereocenters. The van der Waals surface area contributed by atoms with Crippen molar-refractivity contribution in [3.05, 3.63) is 83.9 Å². The van der Waals surface area contributed by atoms with E-state index in [1.807, 2.05) is 54.6 Å². The fourth-order valence-corrected chi connectivity index (χ4v) is 3.60. The van der Waals surface area contributed by atoms with E-state index in [4.69, 9.17) is 19.3 Å². The Morgan fingerprint density at radius 3 is 2.58 bits per heavy atom. The van der Waals surface area contributed by atoms with Crippen LogP contribution < -0.4 is 24.4 Å². The quantitative estimate of drug-likeness (QED) is 0.245. The van der Waals surface area contributed by atoms with Crippen LogP contribution in [-0.2, 0) is 11.4 Å². The molecule has 2 heterocycles. The largest absolute Gasteiger partial charge is 0.479 e. The van der Waals surface area contributed by atoms with Gasteiger partial charge in [-0.1, -0.05) is 53.6 Å². The van der Waals surface area contributed by atoms with Gasteiger partial charge in [0, 0.05) is 16.8 Å². The number of carboxylic acids is 1. The van der Waals surface area contributed by atoms with Crippen LogP contribution in [0.15, 0.2) is 72.8 Å². The average Bonchev–Trinajstić information content (AvgIpc) is 3.07. The number of aliphatic carboxylic acids is 1. The third-order valence-corrected chi connectivity index (χ3v) is 5.26. The average molecular weight is 488 g/mol. The van der Waals surface area contributed by atoms with E-state index in [1.54, 1.807) is 6.07 Å². The van der Waals surface area contributed by atoms with Gasteiger partial charge < -0.3 is 29.5 Å². The highest BCUT2D eigenvalue weighted by Crippen LogP contribution is 2.40. The molecule has 3 aromatic carbocycles. The van der Waals surface area contributed by atoms with Gasteiger partial charge in [0.15, 0.2) is 24.3 Å². The van der Waals surface area contributed by atoms with Gasteiger partial charge in [-0.2, -0.15) is 4.98 Å². The molecule has 0 fully saturated rings. The van der Waals surface area contributed by atoms with Gasteiger partial charge in [-0.05, 0) is 29.8 Å². The lowest BCUT2D eigenvalue weighted by Gasteiger charge is -2.20. The van der Waals surface area contributed by atoms with Gasteiger partial charge >= 0.3 is 12.0 Å². The lowest BCUT2D eigenvalue weighted by Crippen LogP contribution is -2.17. The Labute approximate surface area is 204 Å². The van der Waals surface area contributed by atoms with Crippen molar-refractivity contribution in [2.24, 2.45) is 0 Å². The number of benzene rings is 3. The van der Waals surface area contributed by atoms with E-state index in [9.17, 15) is 10.1 Å². The Morgan fingerprint density at radius 1 is 0.972 bits per heavy atom. The summed E-state index contributed by atoms with van der Waals surface area (Å²) in [6, 6.07) is 21.6. The molecule has 0 saturated carbocycles. The predicted octanol–water partition coefficient (Wildman–Crippen LogP) is 3.94. The Balaban J connectivity index is 1.46. The van der Waals surface area contributed by atoms with Gasteiger partial charge in [0.1, 0.15) is 6.61 Å². The summed E-state index contributed by atoms with van der Waals surface area (Å²) in [7, 11) is 0. The Bertz CT molecular complexity index is 1380. The maximum atomic E-state index is 10.8. The minimum atomic E-state index is -1.16. The first-order chi connectivity index (χ1) is 17.6. The first-order valence-corrected chi connectivity index (χ1v) is 10.8. The molecule has 1 aliphatic rings. The second-order valence-corrected chi connectivity index (χ2v) is 7.69. The van der Waals surface area contributed by atoms with Crippen molar-refractivity contribution in [3.8, 4) is 34.6 Å². The maximum Gasteiger partial charge on any atom is 0.341 e. The first kappa shape index (κ1) is 22.9. The van der Waals surface area contributed by atoms with Crippen LogP contribution in [-0.4, -0.2) is 38.1 Å². The molecule has 3 N–H and O–H groups in total. The molecule has 1 atom stereocenters. The number of carbonyl (C=O) groups is 1. The summed E-state index contributed by atoms with van der Waals surface area (Å²) in [5.74, 6) is -1.00. The number of fused-ring (bicyclic) bond motifs is 3. The number of para-hydroxylation sites is 1. The van der Waals surface area contributed by atoms with Crippen molar-refractivity contribution in [1.29, 1.82) is 0 Å². The molecule has 0 saturated heterocycles. The summed E-state index contributed by atoms with van der Waals surface area (Å²) in [6.07, 6.45) is -0.784. The summed E-state index contributed by atoms with van der Waals surface area (Å²) in [4.78, 5) is 19.7. The topological polar surface area (TPSA) is 145 Å². The fraction of sp³-hybridized carbons (Fsp3) is 0.120. The van der Waals surface area contributed by atoms with Crippen molar-refractivity contribution >= 4 is 11.7 Å². The van der Waals surface area contributed by atoms with Gasteiger partial charge in [-0.15, -0.1) is 5.10 Å². The summed E-state index contributed by atoms with van der Waals surface area (Å²) in [5.41, 5.74) is 3.35. The molecular formula is C25H20N4O7. The lowest BCUT2D eigenvalue weighted by atomic mass is 10.1. The van der Waals surface area contributed by atoms with Gasteiger partial charge in [-0.3, -0.25) is 0 Å². The molecule has 0 radical (unpaired) electrons. The van der Waals surface area contributed by atoms with Crippen molar-refractivity contribution in [3.63, 3.8) is 0 Å². The molecule has 11 nitrogen and oxygen atoms in total. The molecule has 0 aliphatic carbocycles. The Kier molecular flexibility index (Phi) is 6.45. The van der Waals surface area contributed by atoms with E-state index in [2.05, 4.69) is 25.4 Å². The highest BCUT2D eigenvalue weighted by Gasteiger charge is 2.27. The van der Waals surface area contributed by atoms with Crippen LogP contribution >= 0.6 is 0 Å². The van der Waals surface area contributed by atoms with E-state index >= 15 is 0 Å². The van der Waals surface area contributed by atoms with Crippen LogP contribution in [0, 0.1) is 0 Å². The third kappa shape index (κ3) is 4.95. The predicted molar refractivity (Wildman–Crippen MR) is 126 cm³/mol. The van der Waals surface area contributed by atoms with E-state index in [0.29, 0.717) is 16.9 Å². The molecule has 182 valence electrons. The SMILES string of the molecule is O=C(O)COc1ccc([C@H]2Nc3ccccc3-c3nnc(OCc4ccccc4)nc3O2)cc1OO. The summed E-state index contributed by atoms with van der Waals surface area (Å²) < 4.78 is 17.1. The zero-order valence-electron chi connectivity index (χ0n) is 18.7. The van der Waals surface area contributed by atoms with Crippen molar-refractivity contribution in [1.82, 2.24) is 15.2 Å². The molecule has 5 rings (SSSR count). The lowest BCUT2D eigenvalue weighted by molar-refractivity contribution is -0.143. The van der Waals surface area contributed by atoms with Gasteiger partial charge in [-0.25, -0.2) is 10.1 Å². The van der Waals surface area contributed by atoms with E-state index < -0.39 is 18.8 Å². The number of carboxylic acid groups (broad SMARTS) is 1. The second kappa shape index (κ2) is 10.2. The van der Waals surface area contributed by atoms with Gasteiger partial charge in [0.2, 0.25) is 11.6 Å². The summed E-state index contributed by atoms with van der Waals surface area (Å²) in [6.45, 7) is -0.336. The molecule has 11 heteroatoms. The van der Waals surface area contributed by atoms with Crippen LogP contribution in [0.4, 0.5) is 5.69 Å². The number of hydrogen-bond donors (Lipinski definition) is 3. The number of nitrogens with one attached hydrogen (secondary N) is 1. The first-order valence-electron chi connectivity index (χ1n) is 10.8. The van der Waals surface area contributed by atoms with Crippen LogP contribution in [0.3, 0.4) is 0 Å². The normalized spacial score (nSPS) is 13.8. The van der Waals surface area contributed by atoms with Gasteiger partial charge in [0.25, 0.3) is 0 Å². The third-order valence-electron chi connectivity index (χ3n) is 5.26. The fourth-order valence-electron chi connectivity index (χ4n) is 3.60. The van der Waals surface area contributed by atoms with E-state index in [1.165, 1.54) is 12.1 Å². The number of nitrogens with zero attached hydrogens (tertiary/aromatic N) is 3. The molecule has 0 bridgehead atoms. The minimum Gasteiger partial charge on any atom is -0.479 e. The number of hydrogen-bond acceptors (Lipinski definition) is 10. The van der Waals surface area contributed by atoms with Crippen LogP contribution in [0.25, 0.3) is 11.3 Å². The zero-order valence-corrected chi connectivity index (χ0v) is 18.7. The van der Waals surface area contributed by atoms with Crippen LogP contribution in [0.5, 0.6) is 23.4 Å². The molecule has 1 aromatic heterocycles. The molecule has 0 amide bonds. The number of anilines is 1. The standard InChI is InChI=1S/C25H20N4O7/c30-21(31)14-33-19-11-10-16(12-20(19)36-32)23-26-18-9-5-4-8-17(18)22-24(35-23)27-25(29-28-22)34-13-15-6-2-1-3-7-15/h1-12,23,26,32H,13-14H2,(H,30,31)/t23-/m0/s1. The monoisotopic (exact) mass is 488 g/mol. The zero-order chi connectivity index (χ0) is 24.9. The maximum absolute atomic E-state index is 10.8. The molecule has 0 spiro atoms. The van der Waals surface area contributed by atoms with Crippen LogP contribution in [0.1, 0.15) is 17.4 Å². The van der Waals surface area contributed by atoms with Crippen LogP contribution in [0.2, 0.25) is 0 Å². The highest BCUT2D eigenvalue weighted by atomic mass is 17.1. The Morgan fingerprint density at radius 2 is 1.78 bits per heavy atom. The van der Waals surface area contributed by atoms with Crippen molar-refractivity contribution in [2.45, 2.75) is 12.8 Å². The van der Waals surface area contributed by atoms with E-state index in [-0.39, 0.29) is 30.0 Å². The molecular weight excluding hydrogens is 468 g/mol. The Hall–Kier alpha value is -4.90. The summed E-state index contributed by atoms with van der Waals surface area (Å²) >= 11 is 0. The number of aromatic nitrogens is 3. The molecule has 36 heavy (non-hydrogen) atoms. The van der Waals surface area contributed by atoms with E-state index in [0.717, 1.165) is 11.1 Å². The molecule has 1 aliphatic heterocycles. The van der Waals surface area contributed by atoms with Crippen molar-refractivity contribution < 1.29 is 34.3 Å². The smallest absolute Gasteiger partial charge is 0.341 e. The number of rotatable bonds is 8. The molecule has 4 aromatic rings. The highest BCUT2D eigenvalue weighted by molar-refractivity contribution is 5.79. The summed E-state index contributed by atoms with van der Waals surface area (Å²) in [5, 5.41) is 29.9. The minimum absolute atomic E-state index is 0.0486. The number of ether oxygens (including phenoxy) is 3. The van der Waals surface area contributed by atoms with Gasteiger partial charge in [0.05, 0.1) is 0 Å².